The van der Waals surface area contributed by atoms with E-state index in [2.05, 4.69) is 6.58 Å². The number of hydrogen-bond acceptors (Lipinski definition) is 2. The molecule has 0 aromatic heterocycles. The molecule has 1 rings (SSSR count). The van der Waals surface area contributed by atoms with E-state index in [9.17, 15) is 9.59 Å². The molecular weight excluding hydrogens is 168 g/mol. The summed E-state index contributed by atoms with van der Waals surface area (Å²) in [6, 6.07) is -0.0111. The second-order valence-corrected chi connectivity index (χ2v) is 3.20. The Morgan fingerprint density at radius 2 is 2.31 bits per heavy atom. The van der Waals surface area contributed by atoms with Crippen LogP contribution in [0.2, 0.25) is 0 Å². The summed E-state index contributed by atoms with van der Waals surface area (Å²) in [7, 11) is 0. The van der Waals surface area contributed by atoms with Crippen LogP contribution in [0.15, 0.2) is 12.7 Å². The van der Waals surface area contributed by atoms with Gasteiger partial charge in [0, 0.05) is 19.0 Å². The number of hydrogen-bond donors (Lipinski definition) is 1. The first-order chi connectivity index (χ1) is 6.15. The maximum atomic E-state index is 11.3. The lowest BCUT2D eigenvalue weighted by Gasteiger charge is -2.21. The molecule has 0 aliphatic carbocycles. The molecule has 1 saturated heterocycles. The van der Waals surface area contributed by atoms with Gasteiger partial charge < -0.3 is 10.6 Å². The Bertz CT molecular complexity index is 238. The van der Waals surface area contributed by atoms with E-state index in [-0.39, 0.29) is 24.3 Å². The average molecular weight is 182 g/mol. The first kappa shape index (κ1) is 9.77. The maximum Gasteiger partial charge on any atom is 0.246 e. The van der Waals surface area contributed by atoms with Crippen molar-refractivity contribution in [3.8, 4) is 0 Å². The van der Waals surface area contributed by atoms with Crippen LogP contribution < -0.4 is 5.73 Å². The standard InChI is InChI=1S/C9H14N2O2/c1-2-9(13)11-5-3-4-7(11)6-8(10)12/h2,7H,1,3-6H2,(H2,10,12). The third-order valence-electron chi connectivity index (χ3n) is 2.27. The fraction of sp³-hybridized carbons (Fsp3) is 0.556. The van der Waals surface area contributed by atoms with Crippen molar-refractivity contribution in [2.24, 2.45) is 5.73 Å². The molecule has 0 radical (unpaired) electrons. The molecule has 13 heavy (non-hydrogen) atoms. The van der Waals surface area contributed by atoms with E-state index in [0.29, 0.717) is 6.54 Å². The lowest BCUT2D eigenvalue weighted by atomic mass is 10.1. The summed E-state index contributed by atoms with van der Waals surface area (Å²) in [5, 5.41) is 0. The number of rotatable bonds is 3. The largest absolute Gasteiger partial charge is 0.370 e. The lowest BCUT2D eigenvalue weighted by Crippen LogP contribution is -2.36. The van der Waals surface area contributed by atoms with Crippen molar-refractivity contribution in [2.75, 3.05) is 6.54 Å². The van der Waals surface area contributed by atoms with Gasteiger partial charge >= 0.3 is 0 Å². The number of carbonyl (C=O) groups is 2. The second kappa shape index (κ2) is 4.07. The molecule has 1 aliphatic heterocycles. The van der Waals surface area contributed by atoms with Gasteiger partial charge in [-0.25, -0.2) is 0 Å². The molecule has 2 amide bonds. The summed E-state index contributed by atoms with van der Waals surface area (Å²) in [4.78, 5) is 23.6. The van der Waals surface area contributed by atoms with Crippen molar-refractivity contribution in [1.82, 2.24) is 4.90 Å². The smallest absolute Gasteiger partial charge is 0.246 e. The van der Waals surface area contributed by atoms with Crippen LogP contribution in [0.3, 0.4) is 0 Å². The minimum Gasteiger partial charge on any atom is -0.370 e. The Kier molecular flexibility index (Phi) is 3.06. The van der Waals surface area contributed by atoms with Gasteiger partial charge in [-0.3, -0.25) is 9.59 Å². The number of likely N-dealkylation sites (tertiary alicyclic amines) is 1. The molecule has 4 nitrogen and oxygen atoms in total. The van der Waals surface area contributed by atoms with Gasteiger partial charge in [0.05, 0.1) is 0 Å². The summed E-state index contributed by atoms with van der Waals surface area (Å²) in [6.45, 7) is 4.12. The van der Waals surface area contributed by atoms with Gasteiger partial charge in [0.25, 0.3) is 0 Å². The summed E-state index contributed by atoms with van der Waals surface area (Å²) < 4.78 is 0. The normalized spacial score (nSPS) is 21.5. The van der Waals surface area contributed by atoms with E-state index < -0.39 is 0 Å². The Hall–Kier alpha value is -1.32. The van der Waals surface area contributed by atoms with Crippen LogP contribution in [0.4, 0.5) is 0 Å². The third-order valence-corrected chi connectivity index (χ3v) is 2.27. The van der Waals surface area contributed by atoms with E-state index in [4.69, 9.17) is 5.73 Å². The fourth-order valence-corrected chi connectivity index (χ4v) is 1.69. The number of primary amides is 1. The Morgan fingerprint density at radius 1 is 1.62 bits per heavy atom. The monoisotopic (exact) mass is 182 g/mol. The molecule has 2 N–H and O–H groups in total. The van der Waals surface area contributed by atoms with E-state index in [1.165, 1.54) is 6.08 Å². The molecular formula is C9H14N2O2. The molecule has 1 unspecified atom stereocenters. The van der Waals surface area contributed by atoms with Gasteiger partial charge in [-0.15, -0.1) is 0 Å². The fourth-order valence-electron chi connectivity index (χ4n) is 1.69. The van der Waals surface area contributed by atoms with E-state index >= 15 is 0 Å². The molecule has 1 fully saturated rings. The molecule has 0 spiro atoms. The van der Waals surface area contributed by atoms with Crippen molar-refractivity contribution < 1.29 is 9.59 Å². The average Bonchev–Trinajstić information content (AvgIpc) is 2.50. The number of amides is 2. The topological polar surface area (TPSA) is 63.4 Å². The van der Waals surface area contributed by atoms with Crippen LogP contribution >= 0.6 is 0 Å². The van der Waals surface area contributed by atoms with Crippen LogP contribution in [0.25, 0.3) is 0 Å². The molecule has 72 valence electrons. The highest BCUT2D eigenvalue weighted by atomic mass is 16.2. The molecule has 0 aromatic rings. The molecule has 1 heterocycles. The van der Waals surface area contributed by atoms with Crippen molar-refractivity contribution in [2.45, 2.75) is 25.3 Å². The van der Waals surface area contributed by atoms with Crippen LogP contribution in [0, 0.1) is 0 Å². The van der Waals surface area contributed by atoms with E-state index in [1.54, 1.807) is 4.90 Å². The van der Waals surface area contributed by atoms with Gasteiger partial charge in [0.1, 0.15) is 0 Å². The maximum absolute atomic E-state index is 11.3. The Morgan fingerprint density at radius 3 is 2.85 bits per heavy atom. The highest BCUT2D eigenvalue weighted by molar-refractivity contribution is 5.88. The van der Waals surface area contributed by atoms with Gasteiger partial charge in [-0.05, 0) is 18.9 Å². The molecule has 0 saturated carbocycles. The molecule has 0 bridgehead atoms. The van der Waals surface area contributed by atoms with Crippen LogP contribution in [-0.2, 0) is 9.59 Å². The summed E-state index contributed by atoms with van der Waals surface area (Å²) in [5.41, 5.74) is 5.07. The zero-order chi connectivity index (χ0) is 9.84. The van der Waals surface area contributed by atoms with Crippen molar-refractivity contribution >= 4 is 11.8 Å². The van der Waals surface area contributed by atoms with Gasteiger partial charge in [-0.2, -0.15) is 0 Å². The predicted octanol–water partition coefficient (Wildman–Crippen LogP) is 0.0388. The zero-order valence-electron chi connectivity index (χ0n) is 7.53. The molecule has 0 aromatic carbocycles. The highest BCUT2D eigenvalue weighted by Crippen LogP contribution is 2.19. The van der Waals surface area contributed by atoms with Gasteiger partial charge in [0.2, 0.25) is 11.8 Å². The predicted molar refractivity (Wildman–Crippen MR) is 48.7 cm³/mol. The van der Waals surface area contributed by atoms with Gasteiger partial charge in [0.15, 0.2) is 0 Å². The van der Waals surface area contributed by atoms with Gasteiger partial charge in [-0.1, -0.05) is 6.58 Å². The van der Waals surface area contributed by atoms with Crippen LogP contribution in [-0.4, -0.2) is 29.3 Å². The minimum atomic E-state index is -0.353. The molecule has 1 aliphatic rings. The number of nitrogens with two attached hydrogens (primary N) is 1. The first-order valence-corrected chi connectivity index (χ1v) is 4.36. The number of nitrogens with zero attached hydrogens (tertiary/aromatic N) is 1. The van der Waals surface area contributed by atoms with E-state index in [1.807, 2.05) is 0 Å². The van der Waals surface area contributed by atoms with Crippen molar-refractivity contribution in [3.63, 3.8) is 0 Å². The van der Waals surface area contributed by atoms with Crippen molar-refractivity contribution in [1.29, 1.82) is 0 Å². The Balaban J connectivity index is 2.58. The van der Waals surface area contributed by atoms with E-state index in [0.717, 1.165) is 12.8 Å². The summed E-state index contributed by atoms with van der Waals surface area (Å²) in [6.07, 6.45) is 3.35. The third kappa shape index (κ3) is 2.31. The zero-order valence-corrected chi connectivity index (χ0v) is 7.53. The summed E-state index contributed by atoms with van der Waals surface area (Å²) in [5.74, 6) is -0.461. The van der Waals surface area contributed by atoms with Crippen LogP contribution in [0.1, 0.15) is 19.3 Å². The molecule has 4 heteroatoms. The molecule has 1 atom stereocenters. The Labute approximate surface area is 77.4 Å². The SMILES string of the molecule is C=CC(=O)N1CCCC1CC(N)=O. The summed E-state index contributed by atoms with van der Waals surface area (Å²) >= 11 is 0. The first-order valence-electron chi connectivity index (χ1n) is 4.36. The second-order valence-electron chi connectivity index (χ2n) is 3.20. The number of carbonyl (C=O) groups excluding carboxylic acids is 2. The van der Waals surface area contributed by atoms with Crippen molar-refractivity contribution in [3.05, 3.63) is 12.7 Å². The highest BCUT2D eigenvalue weighted by Gasteiger charge is 2.28. The minimum absolute atomic E-state index is 0.0111. The lowest BCUT2D eigenvalue weighted by molar-refractivity contribution is -0.127. The van der Waals surface area contributed by atoms with Crippen LogP contribution in [0.5, 0.6) is 0 Å². The quantitative estimate of drug-likeness (QED) is 0.626.